The predicted octanol–water partition coefficient (Wildman–Crippen LogP) is 6.36. The normalized spacial score (nSPS) is 17.8. The van der Waals surface area contributed by atoms with Gasteiger partial charge in [-0.25, -0.2) is 19.0 Å². The summed E-state index contributed by atoms with van der Waals surface area (Å²) in [6.07, 6.45) is 0.669. The molecule has 0 radical (unpaired) electrons. The lowest BCUT2D eigenvalue weighted by Gasteiger charge is -2.30. The van der Waals surface area contributed by atoms with E-state index in [0.717, 1.165) is 21.9 Å². The smallest absolute Gasteiger partial charge is 0.267 e. The Labute approximate surface area is 222 Å². The molecule has 4 aromatic rings. The number of alkyl halides is 3. The molecule has 3 aromatic heterocycles. The Morgan fingerprint density at radius 3 is 2.36 bits per heavy atom. The largest absolute Gasteiger partial charge is 0.418 e. The zero-order chi connectivity index (χ0) is 27.7. The minimum absolute atomic E-state index is 0.0401. The summed E-state index contributed by atoms with van der Waals surface area (Å²) in [4.78, 5) is 25.9. The molecule has 0 atom stereocenters. The van der Waals surface area contributed by atoms with E-state index in [-0.39, 0.29) is 23.3 Å². The van der Waals surface area contributed by atoms with Crippen LogP contribution in [0.4, 0.5) is 17.6 Å². The maximum absolute atomic E-state index is 14.6. The second-order valence-corrected chi connectivity index (χ2v) is 10.0. The topological polar surface area (TPSA) is 73.6 Å². The Hall–Kier alpha value is -3.95. The lowest BCUT2D eigenvalue weighted by Crippen LogP contribution is -2.31. The zero-order valence-electron chi connectivity index (χ0n) is 21.5. The molecule has 0 spiro atoms. The van der Waals surface area contributed by atoms with Crippen LogP contribution in [0.1, 0.15) is 71.2 Å². The van der Waals surface area contributed by atoms with Crippen molar-refractivity contribution in [2.75, 3.05) is 0 Å². The number of nitrogens with zero attached hydrogens (tertiary/aromatic N) is 5. The number of benzene rings is 1. The van der Waals surface area contributed by atoms with Crippen LogP contribution in [0, 0.1) is 19.7 Å². The van der Waals surface area contributed by atoms with Crippen LogP contribution in [-0.2, 0) is 12.7 Å². The molecule has 5 rings (SSSR count). The van der Waals surface area contributed by atoms with Crippen molar-refractivity contribution in [3.8, 4) is 11.4 Å². The highest BCUT2D eigenvalue weighted by atomic mass is 19.4. The van der Waals surface area contributed by atoms with E-state index in [1.807, 2.05) is 13.0 Å². The van der Waals surface area contributed by atoms with E-state index in [0.29, 0.717) is 48.3 Å². The molecule has 0 saturated heterocycles. The fourth-order valence-electron chi connectivity index (χ4n) is 5.50. The standard InChI is InChI=1S/C29H27F4N5O/c1-17-5-3-7-23(30)27(17)20-10-8-19(9-11-20)21-14-25(24-13-18(2)35-16-36-24)37-38(28(21)39)15-26-22(29(31,32)33)6-4-12-34-26/h3-7,12-14,16,19-20H,8-11,15H2,1-2H3. The highest BCUT2D eigenvalue weighted by molar-refractivity contribution is 5.54. The van der Waals surface area contributed by atoms with Crippen LogP contribution in [0.5, 0.6) is 0 Å². The van der Waals surface area contributed by atoms with Crippen molar-refractivity contribution in [2.24, 2.45) is 0 Å². The monoisotopic (exact) mass is 537 g/mol. The maximum Gasteiger partial charge on any atom is 0.418 e. The molecule has 0 N–H and O–H groups in total. The molecule has 0 amide bonds. The van der Waals surface area contributed by atoms with E-state index in [1.54, 1.807) is 25.1 Å². The second kappa shape index (κ2) is 10.7. The first-order valence-corrected chi connectivity index (χ1v) is 12.8. The molecular weight excluding hydrogens is 510 g/mol. The van der Waals surface area contributed by atoms with Crippen molar-refractivity contribution in [1.82, 2.24) is 24.7 Å². The van der Waals surface area contributed by atoms with E-state index in [4.69, 9.17) is 0 Å². The van der Waals surface area contributed by atoms with Crippen molar-refractivity contribution in [2.45, 2.75) is 64.1 Å². The van der Waals surface area contributed by atoms with E-state index in [9.17, 15) is 22.4 Å². The van der Waals surface area contributed by atoms with Crippen molar-refractivity contribution in [1.29, 1.82) is 0 Å². The third-order valence-electron chi connectivity index (χ3n) is 7.41. The third kappa shape index (κ3) is 5.60. The SMILES string of the molecule is Cc1cc(-c2cc(C3CCC(c4c(C)cccc4F)CC3)c(=O)n(Cc3ncccc3C(F)(F)F)n2)ncn1. The number of hydrogen-bond donors (Lipinski definition) is 0. The van der Waals surface area contributed by atoms with Crippen LogP contribution in [0.25, 0.3) is 11.4 Å². The first-order chi connectivity index (χ1) is 18.6. The summed E-state index contributed by atoms with van der Waals surface area (Å²) in [5.41, 5.74) is 1.93. The zero-order valence-corrected chi connectivity index (χ0v) is 21.5. The van der Waals surface area contributed by atoms with Gasteiger partial charge in [0.1, 0.15) is 17.8 Å². The third-order valence-corrected chi connectivity index (χ3v) is 7.41. The Morgan fingerprint density at radius 1 is 0.923 bits per heavy atom. The van der Waals surface area contributed by atoms with E-state index >= 15 is 0 Å². The van der Waals surface area contributed by atoms with E-state index in [2.05, 4.69) is 20.1 Å². The molecule has 1 fully saturated rings. The van der Waals surface area contributed by atoms with Gasteiger partial charge in [0.25, 0.3) is 5.56 Å². The summed E-state index contributed by atoms with van der Waals surface area (Å²) in [6, 6.07) is 10.6. The number of aryl methyl sites for hydroxylation is 2. The van der Waals surface area contributed by atoms with Gasteiger partial charge in [-0.1, -0.05) is 12.1 Å². The van der Waals surface area contributed by atoms with Gasteiger partial charge in [-0.3, -0.25) is 9.78 Å². The summed E-state index contributed by atoms with van der Waals surface area (Å²) in [5.74, 6) is -0.331. The summed E-state index contributed by atoms with van der Waals surface area (Å²) in [7, 11) is 0. The molecule has 10 heteroatoms. The van der Waals surface area contributed by atoms with Crippen LogP contribution >= 0.6 is 0 Å². The van der Waals surface area contributed by atoms with Gasteiger partial charge in [0.2, 0.25) is 0 Å². The highest BCUT2D eigenvalue weighted by Gasteiger charge is 2.34. The van der Waals surface area contributed by atoms with Gasteiger partial charge in [-0.2, -0.15) is 18.3 Å². The lowest BCUT2D eigenvalue weighted by atomic mass is 9.75. The number of pyridine rings is 1. The summed E-state index contributed by atoms with van der Waals surface area (Å²) in [6.45, 7) is 3.25. The van der Waals surface area contributed by atoms with Crippen molar-refractivity contribution < 1.29 is 17.6 Å². The Balaban J connectivity index is 1.53. The van der Waals surface area contributed by atoms with Crippen LogP contribution in [0.15, 0.2) is 59.8 Å². The maximum atomic E-state index is 14.6. The van der Waals surface area contributed by atoms with Gasteiger partial charge < -0.3 is 0 Å². The number of aromatic nitrogens is 5. The number of rotatable bonds is 5. The number of hydrogen-bond acceptors (Lipinski definition) is 5. The van der Waals surface area contributed by atoms with Crippen LogP contribution in [0.2, 0.25) is 0 Å². The minimum atomic E-state index is -4.62. The molecule has 202 valence electrons. The molecule has 1 aliphatic rings. The van der Waals surface area contributed by atoms with E-state index < -0.39 is 23.8 Å². The quantitative estimate of drug-likeness (QED) is 0.277. The molecule has 1 saturated carbocycles. The number of halogens is 4. The van der Waals surface area contributed by atoms with Crippen molar-refractivity contribution >= 4 is 0 Å². The van der Waals surface area contributed by atoms with Crippen LogP contribution in [0.3, 0.4) is 0 Å². The summed E-state index contributed by atoms with van der Waals surface area (Å²) in [5, 5.41) is 4.40. The van der Waals surface area contributed by atoms with Gasteiger partial charge in [0.15, 0.2) is 0 Å². The fraction of sp³-hybridized carbons (Fsp3) is 0.345. The molecule has 3 heterocycles. The highest BCUT2D eigenvalue weighted by Crippen LogP contribution is 2.41. The Bertz CT molecular complexity index is 1540. The first-order valence-electron chi connectivity index (χ1n) is 12.8. The average Bonchev–Trinajstić information content (AvgIpc) is 2.90. The average molecular weight is 538 g/mol. The molecular formula is C29H27F4N5O. The molecule has 6 nitrogen and oxygen atoms in total. The van der Waals surface area contributed by atoms with Gasteiger partial charge in [0.05, 0.1) is 23.5 Å². The van der Waals surface area contributed by atoms with Crippen molar-refractivity contribution in [3.05, 3.63) is 105 Å². The van der Waals surface area contributed by atoms with E-state index in [1.165, 1.54) is 24.7 Å². The molecule has 0 unspecified atom stereocenters. The first kappa shape index (κ1) is 26.6. The Morgan fingerprint density at radius 2 is 1.67 bits per heavy atom. The predicted molar refractivity (Wildman–Crippen MR) is 138 cm³/mol. The molecule has 1 aliphatic carbocycles. The summed E-state index contributed by atoms with van der Waals surface area (Å²) >= 11 is 0. The fourth-order valence-corrected chi connectivity index (χ4v) is 5.50. The van der Waals surface area contributed by atoms with Gasteiger partial charge in [-0.05, 0) is 92.8 Å². The minimum Gasteiger partial charge on any atom is -0.267 e. The van der Waals surface area contributed by atoms with Crippen molar-refractivity contribution in [3.63, 3.8) is 0 Å². The molecule has 0 aliphatic heterocycles. The second-order valence-electron chi connectivity index (χ2n) is 10.0. The van der Waals surface area contributed by atoms with Gasteiger partial charge in [0, 0.05) is 17.5 Å². The lowest BCUT2D eigenvalue weighted by molar-refractivity contribution is -0.138. The molecule has 1 aromatic carbocycles. The molecule has 39 heavy (non-hydrogen) atoms. The van der Waals surface area contributed by atoms with Gasteiger partial charge in [-0.15, -0.1) is 0 Å². The Kier molecular flexibility index (Phi) is 7.29. The molecule has 0 bridgehead atoms. The van der Waals surface area contributed by atoms with Crippen LogP contribution in [-0.4, -0.2) is 24.7 Å². The summed E-state index contributed by atoms with van der Waals surface area (Å²) < 4.78 is 56.6. The van der Waals surface area contributed by atoms with Gasteiger partial charge >= 0.3 is 6.18 Å². The van der Waals surface area contributed by atoms with Crippen LogP contribution < -0.4 is 5.56 Å².